The summed E-state index contributed by atoms with van der Waals surface area (Å²) in [5, 5.41) is 5.76. The van der Waals surface area contributed by atoms with E-state index in [9.17, 15) is 14.4 Å². The maximum absolute atomic E-state index is 13.1. The van der Waals surface area contributed by atoms with Gasteiger partial charge in [0.1, 0.15) is 12.1 Å². The first-order chi connectivity index (χ1) is 13.2. The van der Waals surface area contributed by atoms with Gasteiger partial charge in [0.2, 0.25) is 5.91 Å². The maximum atomic E-state index is 13.1. The lowest BCUT2D eigenvalue weighted by Gasteiger charge is -2.43. The van der Waals surface area contributed by atoms with Crippen molar-refractivity contribution >= 4 is 23.5 Å². The summed E-state index contributed by atoms with van der Waals surface area (Å²) < 4.78 is 0. The molecular formula is C22H29N3O3. The van der Waals surface area contributed by atoms with Crippen LogP contribution in [0.4, 0.5) is 10.5 Å². The van der Waals surface area contributed by atoms with Crippen LogP contribution in [0.25, 0.3) is 0 Å². The van der Waals surface area contributed by atoms with E-state index >= 15 is 0 Å². The highest BCUT2D eigenvalue weighted by Crippen LogP contribution is 2.46. The third-order valence-corrected chi connectivity index (χ3v) is 6.31. The molecule has 2 fully saturated rings. The van der Waals surface area contributed by atoms with Gasteiger partial charge in [-0.1, -0.05) is 26.8 Å². The van der Waals surface area contributed by atoms with E-state index < -0.39 is 11.6 Å². The summed E-state index contributed by atoms with van der Waals surface area (Å²) in [7, 11) is 0. The van der Waals surface area contributed by atoms with Crippen LogP contribution in [0, 0.1) is 11.3 Å². The molecule has 4 rings (SSSR count). The Labute approximate surface area is 166 Å². The van der Waals surface area contributed by atoms with E-state index in [-0.39, 0.29) is 23.8 Å². The standard InChI is InChI=1S/C22H29N3O3/c1-14-10-21(2,3)13-22(11-14)19(27)25(20(28)24-22)12-18(26)23-17-8-7-15-5-4-6-16(15)9-17/h7-9,14H,4-6,10-13H2,1-3H3,(H,23,26)(H,24,28). The predicted octanol–water partition coefficient (Wildman–Crippen LogP) is 3.25. The molecule has 1 heterocycles. The molecule has 3 aliphatic rings. The van der Waals surface area contributed by atoms with Crippen molar-refractivity contribution in [1.29, 1.82) is 0 Å². The Kier molecular flexibility index (Phi) is 4.47. The summed E-state index contributed by atoms with van der Waals surface area (Å²) >= 11 is 0. The Morgan fingerprint density at radius 1 is 1.21 bits per heavy atom. The molecule has 1 aromatic carbocycles. The topological polar surface area (TPSA) is 78.5 Å². The number of urea groups is 1. The van der Waals surface area contributed by atoms with Gasteiger partial charge in [0, 0.05) is 5.69 Å². The predicted molar refractivity (Wildman–Crippen MR) is 107 cm³/mol. The lowest BCUT2D eigenvalue weighted by molar-refractivity contribution is -0.136. The number of hydrogen-bond acceptors (Lipinski definition) is 3. The molecule has 0 bridgehead atoms. The van der Waals surface area contributed by atoms with Gasteiger partial charge in [-0.2, -0.15) is 0 Å². The monoisotopic (exact) mass is 383 g/mol. The number of amides is 4. The maximum Gasteiger partial charge on any atom is 0.325 e. The van der Waals surface area contributed by atoms with Gasteiger partial charge in [0.05, 0.1) is 0 Å². The highest BCUT2D eigenvalue weighted by molar-refractivity contribution is 6.10. The van der Waals surface area contributed by atoms with Crippen LogP contribution in [0.5, 0.6) is 0 Å². The fourth-order valence-electron chi connectivity index (χ4n) is 5.64. The molecule has 2 aliphatic carbocycles. The van der Waals surface area contributed by atoms with Gasteiger partial charge in [-0.25, -0.2) is 4.79 Å². The molecule has 0 aromatic heterocycles. The number of hydrogen-bond donors (Lipinski definition) is 2. The van der Waals surface area contributed by atoms with E-state index in [1.165, 1.54) is 11.1 Å². The van der Waals surface area contributed by atoms with Crippen LogP contribution in [-0.4, -0.2) is 34.8 Å². The summed E-state index contributed by atoms with van der Waals surface area (Å²) in [6, 6.07) is 5.48. The third-order valence-electron chi connectivity index (χ3n) is 6.31. The van der Waals surface area contributed by atoms with E-state index in [1.54, 1.807) is 0 Å². The van der Waals surface area contributed by atoms with Crippen molar-refractivity contribution in [2.75, 3.05) is 11.9 Å². The number of nitrogens with one attached hydrogen (secondary N) is 2. The first kappa shape index (κ1) is 19.0. The minimum absolute atomic E-state index is 0.0245. The minimum atomic E-state index is -0.869. The average molecular weight is 383 g/mol. The number of benzene rings is 1. The number of imide groups is 1. The summed E-state index contributed by atoms with van der Waals surface area (Å²) in [4.78, 5) is 39.3. The van der Waals surface area contributed by atoms with Gasteiger partial charge in [0.15, 0.2) is 0 Å². The number of anilines is 1. The molecule has 0 radical (unpaired) electrons. The van der Waals surface area contributed by atoms with Crippen molar-refractivity contribution in [3.8, 4) is 0 Å². The van der Waals surface area contributed by atoms with Crippen molar-refractivity contribution in [2.45, 2.75) is 64.8 Å². The van der Waals surface area contributed by atoms with Crippen LogP contribution < -0.4 is 10.6 Å². The SMILES string of the molecule is CC1CC(C)(C)CC2(C1)NC(=O)N(CC(=O)Nc1ccc3c(c1)CCC3)C2=O. The first-order valence-electron chi connectivity index (χ1n) is 10.2. The second kappa shape index (κ2) is 6.61. The normalized spacial score (nSPS) is 28.4. The van der Waals surface area contributed by atoms with Gasteiger partial charge in [-0.05, 0) is 73.1 Å². The molecule has 1 saturated heterocycles. The van der Waals surface area contributed by atoms with Gasteiger partial charge >= 0.3 is 6.03 Å². The highest BCUT2D eigenvalue weighted by atomic mass is 16.2. The highest BCUT2D eigenvalue weighted by Gasteiger charge is 2.56. The number of nitrogens with zero attached hydrogens (tertiary/aromatic N) is 1. The Bertz CT molecular complexity index is 847. The second-order valence-electron chi connectivity index (χ2n) is 9.64. The molecule has 2 unspecified atom stereocenters. The average Bonchev–Trinajstić information content (AvgIpc) is 3.11. The van der Waals surface area contributed by atoms with Crippen molar-refractivity contribution in [1.82, 2.24) is 10.2 Å². The summed E-state index contributed by atoms with van der Waals surface area (Å²) in [6.45, 7) is 6.13. The second-order valence-corrected chi connectivity index (χ2v) is 9.64. The number of aryl methyl sites for hydroxylation is 2. The molecule has 2 atom stereocenters. The Hall–Kier alpha value is -2.37. The molecule has 6 heteroatoms. The van der Waals surface area contributed by atoms with Gasteiger partial charge in [-0.15, -0.1) is 0 Å². The number of fused-ring (bicyclic) bond motifs is 1. The molecule has 2 N–H and O–H groups in total. The zero-order valence-corrected chi connectivity index (χ0v) is 16.9. The quantitative estimate of drug-likeness (QED) is 0.787. The number of carbonyl (C=O) groups is 3. The lowest BCUT2D eigenvalue weighted by atomic mass is 9.64. The molecule has 28 heavy (non-hydrogen) atoms. The summed E-state index contributed by atoms with van der Waals surface area (Å²) in [6.07, 6.45) is 5.52. The zero-order chi connectivity index (χ0) is 20.1. The Morgan fingerprint density at radius 3 is 2.71 bits per heavy atom. The Balaban J connectivity index is 1.45. The van der Waals surface area contributed by atoms with Crippen LogP contribution >= 0.6 is 0 Å². The molecule has 1 aromatic rings. The molecule has 1 aliphatic heterocycles. The molecule has 1 saturated carbocycles. The summed E-state index contributed by atoms with van der Waals surface area (Å²) in [5.74, 6) is -0.268. The van der Waals surface area contributed by atoms with Gasteiger partial charge in [-0.3, -0.25) is 14.5 Å². The van der Waals surface area contributed by atoms with Crippen molar-refractivity contribution < 1.29 is 14.4 Å². The van der Waals surface area contributed by atoms with E-state index in [1.807, 2.05) is 18.2 Å². The van der Waals surface area contributed by atoms with Crippen molar-refractivity contribution in [3.63, 3.8) is 0 Å². The first-order valence-corrected chi connectivity index (χ1v) is 10.2. The number of rotatable bonds is 3. The Morgan fingerprint density at radius 2 is 1.96 bits per heavy atom. The van der Waals surface area contributed by atoms with E-state index in [0.29, 0.717) is 18.8 Å². The van der Waals surface area contributed by atoms with Crippen LogP contribution in [-0.2, 0) is 22.4 Å². The van der Waals surface area contributed by atoms with E-state index in [2.05, 4.69) is 31.4 Å². The molecule has 6 nitrogen and oxygen atoms in total. The lowest BCUT2D eigenvalue weighted by Crippen LogP contribution is -2.54. The molecule has 1 spiro atoms. The minimum Gasteiger partial charge on any atom is -0.325 e. The number of carbonyl (C=O) groups excluding carboxylic acids is 3. The smallest absolute Gasteiger partial charge is 0.325 e. The summed E-state index contributed by atoms with van der Waals surface area (Å²) in [5.41, 5.74) is 2.43. The fourth-order valence-corrected chi connectivity index (χ4v) is 5.64. The van der Waals surface area contributed by atoms with Crippen LogP contribution in [0.2, 0.25) is 0 Å². The molecular weight excluding hydrogens is 354 g/mol. The molecule has 150 valence electrons. The van der Waals surface area contributed by atoms with Gasteiger partial charge in [0.25, 0.3) is 5.91 Å². The van der Waals surface area contributed by atoms with E-state index in [4.69, 9.17) is 0 Å². The fraction of sp³-hybridized carbons (Fsp3) is 0.591. The largest absolute Gasteiger partial charge is 0.325 e. The van der Waals surface area contributed by atoms with Crippen LogP contribution in [0.3, 0.4) is 0 Å². The van der Waals surface area contributed by atoms with Crippen molar-refractivity contribution in [2.24, 2.45) is 11.3 Å². The van der Waals surface area contributed by atoms with Gasteiger partial charge < -0.3 is 10.6 Å². The van der Waals surface area contributed by atoms with Crippen molar-refractivity contribution in [3.05, 3.63) is 29.3 Å². The van der Waals surface area contributed by atoms with Crippen LogP contribution in [0.15, 0.2) is 18.2 Å². The van der Waals surface area contributed by atoms with E-state index in [0.717, 1.165) is 36.3 Å². The third kappa shape index (κ3) is 3.40. The zero-order valence-electron chi connectivity index (χ0n) is 16.9. The molecule has 4 amide bonds. The van der Waals surface area contributed by atoms with Crippen LogP contribution in [0.1, 0.15) is 57.6 Å².